The smallest absolute Gasteiger partial charge is 0.164 e. The first-order valence-corrected chi connectivity index (χ1v) is 15.5. The van der Waals surface area contributed by atoms with Gasteiger partial charge in [-0.15, -0.1) is 16.4 Å². The van der Waals surface area contributed by atoms with Crippen molar-refractivity contribution in [2.24, 2.45) is 0 Å². The van der Waals surface area contributed by atoms with Crippen molar-refractivity contribution in [3.8, 4) is 39.9 Å². The van der Waals surface area contributed by atoms with E-state index in [-0.39, 0.29) is 38.7 Å². The number of hydrogen-bond donors (Lipinski definition) is 0. The number of rotatable bonds is 4. The van der Waals surface area contributed by atoms with Crippen LogP contribution in [0, 0.1) is 0 Å². The summed E-state index contributed by atoms with van der Waals surface area (Å²) in [6.45, 7) is 0. The number of nitrogens with zero attached hydrogens (tertiary/aromatic N) is 5. The molecule has 0 bridgehead atoms. The Labute approximate surface area is 287 Å². The van der Waals surface area contributed by atoms with Crippen LogP contribution in [-0.4, -0.2) is 63.7 Å². The first-order valence-electron chi connectivity index (χ1n) is 15.5. The molecule has 0 saturated heterocycles. The van der Waals surface area contributed by atoms with Crippen molar-refractivity contribution >= 4 is 110 Å². The molecule has 0 aliphatic carbocycles. The fourth-order valence-electron chi connectivity index (χ4n) is 6.65. The number of benzene rings is 5. The van der Waals surface area contributed by atoms with Crippen LogP contribution in [0.4, 0.5) is 0 Å². The van der Waals surface area contributed by atoms with E-state index in [1.54, 1.807) is 6.20 Å². The number of furan rings is 1. The Balaban J connectivity index is 1.33. The first-order chi connectivity index (χ1) is 23.9. The lowest BCUT2D eigenvalue weighted by atomic mass is 9.60. The number of fused-ring (bicyclic) bond motifs is 6. The van der Waals surface area contributed by atoms with Crippen molar-refractivity contribution in [2.75, 3.05) is 0 Å². The quantitative estimate of drug-likeness (QED) is 0.285. The van der Waals surface area contributed by atoms with Crippen LogP contribution in [0.3, 0.4) is 0 Å². The van der Waals surface area contributed by atoms with E-state index in [9.17, 15) is 0 Å². The maximum atomic E-state index is 6.67. The van der Waals surface area contributed by atoms with Crippen molar-refractivity contribution in [3.05, 3.63) is 109 Å². The predicted molar refractivity (Wildman–Crippen MR) is 202 cm³/mol. The molecule has 9 aromatic rings. The Morgan fingerprint density at radius 1 is 0.531 bits per heavy atom. The second-order valence-corrected chi connectivity index (χ2v) is 11.8. The molecule has 0 atom stereocenters. The van der Waals surface area contributed by atoms with Crippen LogP contribution in [0.1, 0.15) is 0 Å². The Kier molecular flexibility index (Phi) is 6.66. The lowest BCUT2D eigenvalue weighted by Gasteiger charge is -2.20. The highest BCUT2D eigenvalue weighted by Gasteiger charge is 2.23. The summed E-state index contributed by atoms with van der Waals surface area (Å²) >= 11 is 0. The summed E-state index contributed by atoms with van der Waals surface area (Å²) in [5.41, 5.74) is 6.47. The minimum Gasteiger partial charge on any atom is -0.454 e. The fraction of sp³-hybridized carbons (Fsp3) is 0. The Hall–Kier alpha value is -5.82. The molecule has 0 fully saturated rings. The van der Waals surface area contributed by atoms with Crippen LogP contribution >= 0.6 is 0 Å². The normalized spacial score (nSPS) is 11.7. The molecule has 49 heavy (non-hydrogen) atoms. The zero-order valence-electron chi connectivity index (χ0n) is 25.9. The molecule has 0 amide bonds. The highest BCUT2D eigenvalue weighted by molar-refractivity contribution is 6.68. The van der Waals surface area contributed by atoms with Gasteiger partial charge in [-0.1, -0.05) is 83.7 Å². The van der Waals surface area contributed by atoms with E-state index in [2.05, 4.69) is 22.8 Å². The zero-order chi connectivity index (χ0) is 33.4. The maximum Gasteiger partial charge on any atom is 0.164 e. The molecule has 9 rings (SSSR count). The van der Waals surface area contributed by atoms with Crippen molar-refractivity contribution in [2.45, 2.75) is 0 Å². The van der Waals surface area contributed by atoms with E-state index < -0.39 is 0 Å². The standard InChI is InChI=1S/C38H18B5N5O/c39-29-28(30(40)32(42)33(43)31(29)41)37-46-35(19-9-2-1-3-10-19)45-36(47-37)23-13-7-17-26-27(23)22-12-6-16-25(34(22)49-26)48-24-15-5-4-11-20(24)21-14-8-18-44-38(21)48/h1-18H. The van der Waals surface area contributed by atoms with E-state index in [0.29, 0.717) is 22.8 Å². The van der Waals surface area contributed by atoms with Crippen LogP contribution < -0.4 is 27.3 Å². The Bertz CT molecular complexity index is 2710. The Morgan fingerprint density at radius 3 is 2.00 bits per heavy atom. The third kappa shape index (κ3) is 4.42. The molecule has 0 N–H and O–H groups in total. The molecule has 0 saturated carbocycles. The topological polar surface area (TPSA) is 69.6 Å². The van der Waals surface area contributed by atoms with Crippen molar-refractivity contribution in [3.63, 3.8) is 0 Å². The van der Waals surface area contributed by atoms with Gasteiger partial charge in [-0.3, -0.25) is 4.57 Å². The molecule has 11 heteroatoms. The second kappa shape index (κ2) is 11.1. The van der Waals surface area contributed by atoms with Crippen LogP contribution in [-0.2, 0) is 0 Å². The van der Waals surface area contributed by atoms with E-state index in [1.165, 1.54) is 0 Å². The number of aromatic nitrogens is 5. The average molecular weight is 615 g/mol. The molecule has 0 spiro atoms. The molecule has 4 aromatic heterocycles. The minimum atomic E-state index is 0.111. The monoisotopic (exact) mass is 615 g/mol. The first kappa shape index (κ1) is 29.3. The summed E-state index contributed by atoms with van der Waals surface area (Å²) < 4.78 is 8.82. The van der Waals surface area contributed by atoms with E-state index >= 15 is 0 Å². The molecule has 5 aromatic carbocycles. The molecule has 0 aliphatic heterocycles. The minimum absolute atomic E-state index is 0.111. The lowest BCUT2D eigenvalue weighted by Crippen LogP contribution is -2.55. The van der Waals surface area contributed by atoms with Crippen LogP contribution in [0.25, 0.3) is 83.7 Å². The van der Waals surface area contributed by atoms with Gasteiger partial charge in [0.15, 0.2) is 23.1 Å². The van der Waals surface area contributed by atoms with Gasteiger partial charge in [-0.05, 0) is 30.3 Å². The van der Waals surface area contributed by atoms with Crippen LogP contribution in [0.15, 0.2) is 114 Å². The molecule has 0 unspecified atom stereocenters. The van der Waals surface area contributed by atoms with E-state index in [0.717, 1.165) is 49.5 Å². The van der Waals surface area contributed by atoms with Crippen molar-refractivity contribution in [1.82, 2.24) is 24.5 Å². The van der Waals surface area contributed by atoms with Gasteiger partial charge in [0, 0.05) is 44.4 Å². The third-order valence-electron chi connectivity index (χ3n) is 9.01. The SMILES string of the molecule is [B]c1c([B])c([B])c(-c2nc(-c3ccccc3)nc(-c3cccc4oc5c(-n6c7ccccc7c7cccnc76)cccc5c34)n2)c([B])c1[B]. The lowest BCUT2D eigenvalue weighted by molar-refractivity contribution is 0.666. The molecule has 0 aliphatic rings. The van der Waals surface area contributed by atoms with Gasteiger partial charge in [0.25, 0.3) is 0 Å². The zero-order valence-corrected chi connectivity index (χ0v) is 25.9. The molecule has 10 radical (unpaired) electrons. The van der Waals surface area contributed by atoms with Crippen molar-refractivity contribution in [1.29, 1.82) is 0 Å². The molecular weight excluding hydrogens is 597 g/mol. The van der Waals surface area contributed by atoms with Gasteiger partial charge in [0.2, 0.25) is 0 Å². The fourth-order valence-corrected chi connectivity index (χ4v) is 6.65. The summed E-state index contributed by atoms with van der Waals surface area (Å²) in [6, 6.07) is 33.8. The van der Waals surface area contributed by atoms with Gasteiger partial charge in [0.05, 0.1) is 11.2 Å². The number of pyridine rings is 1. The van der Waals surface area contributed by atoms with Crippen molar-refractivity contribution < 1.29 is 4.42 Å². The predicted octanol–water partition coefficient (Wildman–Crippen LogP) is 3.23. The van der Waals surface area contributed by atoms with E-state index in [1.807, 2.05) is 84.9 Å². The summed E-state index contributed by atoms with van der Waals surface area (Å²) in [5, 5.41) is 3.88. The van der Waals surface area contributed by atoms with Gasteiger partial charge >= 0.3 is 0 Å². The maximum absolute atomic E-state index is 6.67. The van der Waals surface area contributed by atoms with E-state index in [4.69, 9.17) is 63.6 Å². The Morgan fingerprint density at radius 2 is 1.18 bits per heavy atom. The molecule has 6 nitrogen and oxygen atoms in total. The molecule has 4 heterocycles. The average Bonchev–Trinajstić information content (AvgIpc) is 3.70. The van der Waals surface area contributed by atoms with Gasteiger partial charge in [0.1, 0.15) is 50.5 Å². The number of hydrogen-bond acceptors (Lipinski definition) is 5. The third-order valence-corrected chi connectivity index (χ3v) is 9.01. The van der Waals surface area contributed by atoms with Gasteiger partial charge in [-0.25, -0.2) is 19.9 Å². The summed E-state index contributed by atoms with van der Waals surface area (Å²) in [5.74, 6) is 1.00. The van der Waals surface area contributed by atoms with Gasteiger partial charge in [-0.2, -0.15) is 0 Å². The molecule has 216 valence electrons. The number of para-hydroxylation sites is 2. The largest absolute Gasteiger partial charge is 0.454 e. The summed E-state index contributed by atoms with van der Waals surface area (Å²) in [6.07, 6.45) is 1.80. The van der Waals surface area contributed by atoms with Crippen LogP contribution in [0.2, 0.25) is 0 Å². The second-order valence-electron chi connectivity index (χ2n) is 11.8. The van der Waals surface area contributed by atoms with Crippen LogP contribution in [0.5, 0.6) is 0 Å². The highest BCUT2D eigenvalue weighted by Crippen LogP contribution is 2.40. The van der Waals surface area contributed by atoms with Gasteiger partial charge < -0.3 is 4.42 Å². The molecular formula is C38H18B5N5O. The highest BCUT2D eigenvalue weighted by atomic mass is 16.3. The summed E-state index contributed by atoms with van der Waals surface area (Å²) in [4.78, 5) is 19.5. The summed E-state index contributed by atoms with van der Waals surface area (Å²) in [7, 11) is 31.6.